The third-order valence-electron chi connectivity index (χ3n) is 3.11. The van der Waals surface area contributed by atoms with Crippen molar-refractivity contribution >= 4 is 0 Å². The molecule has 2 aromatic heterocycles. The number of aryl methyl sites for hydroxylation is 2. The first-order chi connectivity index (χ1) is 8.81. The van der Waals surface area contributed by atoms with E-state index in [4.69, 9.17) is 0 Å². The van der Waals surface area contributed by atoms with Crippen LogP contribution >= 0.6 is 0 Å². The molecule has 18 heavy (non-hydrogen) atoms. The topological polar surface area (TPSA) is 42.7 Å². The first-order valence-corrected chi connectivity index (χ1v) is 6.41. The van der Waals surface area contributed by atoms with Crippen LogP contribution in [0.1, 0.15) is 30.6 Å². The summed E-state index contributed by atoms with van der Waals surface area (Å²) in [5.41, 5.74) is 2.52. The number of nitrogens with one attached hydrogen (secondary N) is 1. The van der Waals surface area contributed by atoms with Gasteiger partial charge in [-0.15, -0.1) is 0 Å². The fraction of sp³-hybridized carbons (Fsp3) is 0.429. The van der Waals surface area contributed by atoms with Crippen LogP contribution in [0, 0.1) is 0 Å². The van der Waals surface area contributed by atoms with Gasteiger partial charge in [-0.1, -0.05) is 13.0 Å². The minimum absolute atomic E-state index is 0.350. The van der Waals surface area contributed by atoms with E-state index in [2.05, 4.69) is 34.5 Å². The smallest absolute Gasteiger partial charge is 0.0550 e. The fourth-order valence-electron chi connectivity index (χ4n) is 2.18. The molecule has 0 fully saturated rings. The van der Waals surface area contributed by atoms with Crippen molar-refractivity contribution < 1.29 is 0 Å². The predicted molar refractivity (Wildman–Crippen MR) is 72.2 cm³/mol. The molecule has 2 rings (SSSR count). The molecule has 0 aliphatic carbocycles. The summed E-state index contributed by atoms with van der Waals surface area (Å²) in [5.74, 6) is 0. The molecule has 1 unspecified atom stereocenters. The Morgan fingerprint density at radius 3 is 2.83 bits per heavy atom. The maximum Gasteiger partial charge on any atom is 0.0550 e. The molecule has 96 valence electrons. The second-order valence-electron chi connectivity index (χ2n) is 4.39. The molecule has 1 N–H and O–H groups in total. The van der Waals surface area contributed by atoms with Crippen LogP contribution in [-0.2, 0) is 13.5 Å². The molecule has 4 heteroatoms. The molecule has 0 bridgehead atoms. The molecule has 0 amide bonds. The Balaban J connectivity index is 2.01. The van der Waals surface area contributed by atoms with Crippen LogP contribution in [-0.4, -0.2) is 21.3 Å². The van der Waals surface area contributed by atoms with Gasteiger partial charge in [-0.2, -0.15) is 5.10 Å². The van der Waals surface area contributed by atoms with E-state index in [0.29, 0.717) is 6.04 Å². The lowest BCUT2D eigenvalue weighted by atomic mass is 10.0. The van der Waals surface area contributed by atoms with Gasteiger partial charge in [-0.3, -0.25) is 9.67 Å². The Bertz CT molecular complexity index is 464. The highest BCUT2D eigenvalue weighted by Crippen LogP contribution is 2.18. The highest BCUT2D eigenvalue weighted by molar-refractivity contribution is 5.11. The Morgan fingerprint density at radius 2 is 2.22 bits per heavy atom. The zero-order valence-electron chi connectivity index (χ0n) is 11.0. The van der Waals surface area contributed by atoms with Gasteiger partial charge in [0.2, 0.25) is 0 Å². The summed E-state index contributed by atoms with van der Waals surface area (Å²) in [5, 5.41) is 7.75. The lowest BCUT2D eigenvalue weighted by Crippen LogP contribution is -2.23. The summed E-state index contributed by atoms with van der Waals surface area (Å²) in [7, 11) is 1.99. The molecule has 2 heterocycles. The third-order valence-corrected chi connectivity index (χ3v) is 3.11. The zero-order chi connectivity index (χ0) is 12.8. The second kappa shape index (κ2) is 6.31. The molecule has 0 saturated carbocycles. The van der Waals surface area contributed by atoms with Crippen molar-refractivity contribution in [3.05, 3.63) is 48.0 Å². The monoisotopic (exact) mass is 244 g/mol. The normalized spacial score (nSPS) is 12.6. The summed E-state index contributed by atoms with van der Waals surface area (Å²) in [6.45, 7) is 3.09. The first-order valence-electron chi connectivity index (χ1n) is 6.41. The summed E-state index contributed by atoms with van der Waals surface area (Å²) in [4.78, 5) is 4.15. The number of pyridine rings is 1. The fourth-order valence-corrected chi connectivity index (χ4v) is 2.18. The molecule has 0 radical (unpaired) electrons. The van der Waals surface area contributed by atoms with Crippen LogP contribution in [0.25, 0.3) is 0 Å². The van der Waals surface area contributed by atoms with Crippen molar-refractivity contribution in [2.24, 2.45) is 7.05 Å². The first kappa shape index (κ1) is 12.8. The Kier molecular flexibility index (Phi) is 4.47. The highest BCUT2D eigenvalue weighted by Gasteiger charge is 2.13. The van der Waals surface area contributed by atoms with Crippen LogP contribution in [0.15, 0.2) is 36.8 Å². The SMILES string of the molecule is CCNC(CCc1cccnc1)c1ccnn1C. The molecule has 0 spiro atoms. The van der Waals surface area contributed by atoms with E-state index in [-0.39, 0.29) is 0 Å². The molecule has 0 aliphatic rings. The summed E-state index contributed by atoms with van der Waals surface area (Å²) < 4.78 is 1.94. The molecule has 0 saturated heterocycles. The van der Waals surface area contributed by atoms with Crippen LogP contribution in [0.2, 0.25) is 0 Å². The molecule has 1 atom stereocenters. The van der Waals surface area contributed by atoms with E-state index in [1.54, 1.807) is 0 Å². The van der Waals surface area contributed by atoms with Gasteiger partial charge >= 0.3 is 0 Å². The van der Waals surface area contributed by atoms with E-state index in [1.807, 2.05) is 36.4 Å². The minimum Gasteiger partial charge on any atom is -0.309 e. The number of aromatic nitrogens is 3. The summed E-state index contributed by atoms with van der Waals surface area (Å²) in [6, 6.07) is 6.54. The zero-order valence-corrected chi connectivity index (χ0v) is 11.0. The van der Waals surface area contributed by atoms with Gasteiger partial charge < -0.3 is 5.32 Å². The maximum atomic E-state index is 4.24. The van der Waals surface area contributed by atoms with Crippen molar-refractivity contribution in [3.8, 4) is 0 Å². The van der Waals surface area contributed by atoms with Crippen molar-refractivity contribution in [1.82, 2.24) is 20.1 Å². The third kappa shape index (κ3) is 3.17. The van der Waals surface area contributed by atoms with Gasteiger partial charge in [-0.05, 0) is 37.1 Å². The van der Waals surface area contributed by atoms with Crippen molar-refractivity contribution in [3.63, 3.8) is 0 Å². The molecular weight excluding hydrogens is 224 g/mol. The number of hydrogen-bond donors (Lipinski definition) is 1. The van der Waals surface area contributed by atoms with Crippen LogP contribution < -0.4 is 5.32 Å². The van der Waals surface area contributed by atoms with E-state index >= 15 is 0 Å². The Hall–Kier alpha value is -1.68. The van der Waals surface area contributed by atoms with E-state index in [1.165, 1.54) is 11.3 Å². The highest BCUT2D eigenvalue weighted by atomic mass is 15.3. The summed E-state index contributed by atoms with van der Waals surface area (Å²) in [6.07, 6.45) is 7.68. The number of hydrogen-bond acceptors (Lipinski definition) is 3. The van der Waals surface area contributed by atoms with Gasteiger partial charge in [0.1, 0.15) is 0 Å². The van der Waals surface area contributed by atoms with Crippen molar-refractivity contribution in [2.75, 3.05) is 6.54 Å². The molecule has 2 aromatic rings. The quantitative estimate of drug-likeness (QED) is 0.846. The second-order valence-corrected chi connectivity index (χ2v) is 4.39. The van der Waals surface area contributed by atoms with Crippen molar-refractivity contribution in [2.45, 2.75) is 25.8 Å². The van der Waals surface area contributed by atoms with Gasteiger partial charge in [0.05, 0.1) is 5.69 Å². The van der Waals surface area contributed by atoms with Gasteiger partial charge in [-0.25, -0.2) is 0 Å². The van der Waals surface area contributed by atoms with Gasteiger partial charge in [0.15, 0.2) is 0 Å². The molecular formula is C14H20N4. The Morgan fingerprint density at radius 1 is 1.33 bits per heavy atom. The van der Waals surface area contributed by atoms with Crippen LogP contribution in [0.4, 0.5) is 0 Å². The van der Waals surface area contributed by atoms with Crippen LogP contribution in [0.5, 0.6) is 0 Å². The average Bonchev–Trinajstić information content (AvgIpc) is 2.82. The molecule has 4 nitrogen and oxygen atoms in total. The maximum absolute atomic E-state index is 4.24. The molecule has 0 aromatic carbocycles. The summed E-state index contributed by atoms with van der Waals surface area (Å²) >= 11 is 0. The van der Waals surface area contributed by atoms with Crippen LogP contribution in [0.3, 0.4) is 0 Å². The lowest BCUT2D eigenvalue weighted by Gasteiger charge is -2.18. The van der Waals surface area contributed by atoms with Gasteiger partial charge in [0, 0.05) is 31.7 Å². The number of nitrogens with zero attached hydrogens (tertiary/aromatic N) is 3. The van der Waals surface area contributed by atoms with E-state index < -0.39 is 0 Å². The van der Waals surface area contributed by atoms with E-state index in [0.717, 1.165) is 19.4 Å². The van der Waals surface area contributed by atoms with Crippen molar-refractivity contribution in [1.29, 1.82) is 0 Å². The average molecular weight is 244 g/mol. The lowest BCUT2D eigenvalue weighted by molar-refractivity contribution is 0.480. The standard InChI is InChI=1S/C14H20N4/c1-3-16-13(14-8-10-17-18(14)2)7-6-12-5-4-9-15-11-12/h4-5,8-11,13,16H,3,6-7H2,1-2H3. The van der Waals surface area contributed by atoms with E-state index in [9.17, 15) is 0 Å². The predicted octanol–water partition coefficient (Wildman–Crippen LogP) is 2.10. The Labute approximate surface area is 108 Å². The largest absolute Gasteiger partial charge is 0.309 e. The van der Waals surface area contributed by atoms with Gasteiger partial charge in [0.25, 0.3) is 0 Å². The minimum atomic E-state index is 0.350. The number of rotatable bonds is 6. The molecule has 0 aliphatic heterocycles.